The number of carbonyl (C=O) groups excluding carboxylic acids is 2. The van der Waals surface area contributed by atoms with E-state index in [-0.39, 0.29) is 22.8 Å². The van der Waals surface area contributed by atoms with Gasteiger partial charge in [-0.2, -0.15) is 0 Å². The summed E-state index contributed by atoms with van der Waals surface area (Å²) in [6, 6.07) is 3.09. The van der Waals surface area contributed by atoms with E-state index in [0.717, 1.165) is 12.8 Å². The van der Waals surface area contributed by atoms with E-state index in [1.54, 1.807) is 6.07 Å². The molecule has 0 aromatic heterocycles. The van der Waals surface area contributed by atoms with Crippen LogP contribution in [0.5, 0.6) is 0 Å². The first kappa shape index (κ1) is 17.8. The van der Waals surface area contributed by atoms with Gasteiger partial charge in [0.25, 0.3) is 5.91 Å². The van der Waals surface area contributed by atoms with Crippen molar-refractivity contribution in [1.82, 2.24) is 4.90 Å². The fraction of sp³-hybridized carbons (Fsp3) is 0.474. The average molecular weight is 395 g/mol. The van der Waals surface area contributed by atoms with E-state index in [1.165, 1.54) is 17.3 Å². The first-order valence-corrected chi connectivity index (χ1v) is 9.37. The number of Topliss-reactive ketones (excluding diaryl/α,β-unsaturated/α-hetero) is 1. The summed E-state index contributed by atoms with van der Waals surface area (Å²) in [4.78, 5) is 27.7. The largest absolute Gasteiger partial charge is 0.381 e. The molecule has 1 fully saturated rings. The molecule has 2 bridgehead atoms. The second kappa shape index (κ2) is 5.72. The van der Waals surface area contributed by atoms with Crippen molar-refractivity contribution in [2.24, 2.45) is 5.41 Å². The Morgan fingerprint density at radius 3 is 2.50 bits per heavy atom. The molecule has 5 nitrogen and oxygen atoms in total. The van der Waals surface area contributed by atoms with Crippen molar-refractivity contribution in [3.8, 4) is 0 Å². The smallest absolute Gasteiger partial charge is 0.261 e. The summed E-state index contributed by atoms with van der Waals surface area (Å²) in [7, 11) is 4.04. The molecular formula is C19H20Cl2N2O3. The van der Waals surface area contributed by atoms with E-state index in [9.17, 15) is 14.7 Å². The van der Waals surface area contributed by atoms with Gasteiger partial charge in [-0.15, -0.1) is 0 Å². The molecule has 3 aliphatic carbocycles. The standard InChI is InChI=1S/C19H20Cl2N2O3/c1-23(2)13-5-6-18(7-10(13)8-18)14(24)9-19(26)15-11(20)3-4-12(21)16(15)22-17(19)25/h3-4,26H,5-9H2,1-2H3,(H,22,25). The van der Waals surface area contributed by atoms with E-state index < -0.39 is 16.9 Å². The summed E-state index contributed by atoms with van der Waals surface area (Å²) < 4.78 is 0. The van der Waals surface area contributed by atoms with Crippen molar-refractivity contribution in [3.05, 3.63) is 39.0 Å². The molecule has 1 saturated carbocycles. The SMILES string of the molecule is CN(C)C1=C2CC(C(=O)CC3(O)C(=O)Nc4c(Cl)ccc(Cl)c43)(CC1)C2. The van der Waals surface area contributed by atoms with Gasteiger partial charge in [0.15, 0.2) is 5.60 Å². The Morgan fingerprint density at radius 1 is 1.27 bits per heavy atom. The zero-order chi connectivity index (χ0) is 18.9. The van der Waals surface area contributed by atoms with E-state index in [2.05, 4.69) is 10.2 Å². The Hall–Kier alpha value is -1.56. The van der Waals surface area contributed by atoms with Crippen molar-refractivity contribution in [2.75, 3.05) is 19.4 Å². The highest BCUT2D eigenvalue weighted by Gasteiger charge is 2.56. The van der Waals surface area contributed by atoms with Gasteiger partial charge in [-0.3, -0.25) is 9.59 Å². The van der Waals surface area contributed by atoms with Crippen molar-refractivity contribution in [3.63, 3.8) is 0 Å². The van der Waals surface area contributed by atoms with Gasteiger partial charge >= 0.3 is 0 Å². The van der Waals surface area contributed by atoms with Crippen LogP contribution in [0.15, 0.2) is 23.4 Å². The number of anilines is 1. The van der Waals surface area contributed by atoms with Crippen LogP contribution in [-0.2, 0) is 15.2 Å². The first-order valence-electron chi connectivity index (χ1n) is 8.62. The Bertz CT molecular complexity index is 870. The maximum absolute atomic E-state index is 13.1. The maximum atomic E-state index is 13.1. The van der Waals surface area contributed by atoms with E-state index in [1.807, 2.05) is 14.1 Å². The minimum Gasteiger partial charge on any atom is -0.381 e. The molecule has 7 heteroatoms. The second-order valence-corrected chi connectivity index (χ2v) is 8.59. The summed E-state index contributed by atoms with van der Waals surface area (Å²) in [6.07, 6.45) is 2.75. The van der Waals surface area contributed by atoms with Crippen LogP contribution in [0.4, 0.5) is 5.69 Å². The highest BCUT2D eigenvalue weighted by Crippen LogP contribution is 2.57. The number of nitrogens with zero attached hydrogens (tertiary/aromatic N) is 1. The number of amides is 1. The van der Waals surface area contributed by atoms with Crippen LogP contribution in [0, 0.1) is 5.41 Å². The quantitative estimate of drug-likeness (QED) is 0.819. The molecule has 1 aromatic rings. The molecule has 2 N–H and O–H groups in total. The molecule has 1 aromatic carbocycles. The summed E-state index contributed by atoms with van der Waals surface area (Å²) >= 11 is 12.3. The van der Waals surface area contributed by atoms with Gasteiger partial charge in [-0.25, -0.2) is 0 Å². The molecule has 1 atom stereocenters. The van der Waals surface area contributed by atoms with Gasteiger partial charge in [-0.1, -0.05) is 23.2 Å². The number of rotatable bonds is 4. The topological polar surface area (TPSA) is 69.6 Å². The predicted molar refractivity (Wildman–Crippen MR) is 100 cm³/mol. The van der Waals surface area contributed by atoms with Crippen LogP contribution in [-0.4, -0.2) is 35.8 Å². The fourth-order valence-electron chi connectivity index (χ4n) is 4.55. The fourth-order valence-corrected chi connectivity index (χ4v) is 5.07. The molecule has 138 valence electrons. The van der Waals surface area contributed by atoms with Crippen LogP contribution in [0.1, 0.15) is 37.7 Å². The van der Waals surface area contributed by atoms with E-state index in [0.29, 0.717) is 23.6 Å². The zero-order valence-electron chi connectivity index (χ0n) is 14.7. The Balaban J connectivity index is 1.63. The van der Waals surface area contributed by atoms with Crippen LogP contribution in [0.25, 0.3) is 0 Å². The van der Waals surface area contributed by atoms with Gasteiger partial charge in [-0.05, 0) is 43.4 Å². The molecule has 0 saturated heterocycles. The average Bonchev–Trinajstić information content (AvgIpc) is 2.82. The highest BCUT2D eigenvalue weighted by atomic mass is 35.5. The molecule has 0 spiro atoms. The van der Waals surface area contributed by atoms with Crippen molar-refractivity contribution >= 4 is 40.6 Å². The molecule has 1 aliphatic heterocycles. The van der Waals surface area contributed by atoms with Gasteiger partial charge in [0.05, 0.1) is 10.7 Å². The number of ketones is 1. The summed E-state index contributed by atoms with van der Waals surface area (Å²) in [5.41, 5.74) is 0.686. The molecule has 4 aliphatic rings. The highest BCUT2D eigenvalue weighted by molar-refractivity contribution is 6.38. The number of benzene rings is 1. The molecule has 0 radical (unpaired) electrons. The van der Waals surface area contributed by atoms with Crippen LogP contribution >= 0.6 is 23.2 Å². The Kier molecular flexibility index (Phi) is 3.92. The third kappa shape index (κ3) is 2.34. The van der Waals surface area contributed by atoms with Crippen molar-refractivity contribution in [2.45, 2.75) is 37.7 Å². The van der Waals surface area contributed by atoms with Gasteiger partial charge in [0, 0.05) is 42.2 Å². The van der Waals surface area contributed by atoms with Crippen molar-refractivity contribution in [1.29, 1.82) is 0 Å². The molecule has 1 amide bonds. The van der Waals surface area contributed by atoms with Crippen molar-refractivity contribution < 1.29 is 14.7 Å². The number of carbonyl (C=O) groups is 2. The number of nitrogens with one attached hydrogen (secondary N) is 1. The number of aliphatic hydroxyl groups is 1. The lowest BCUT2D eigenvalue weighted by Gasteiger charge is -2.50. The van der Waals surface area contributed by atoms with Gasteiger partial charge < -0.3 is 15.3 Å². The monoisotopic (exact) mass is 394 g/mol. The minimum atomic E-state index is -1.97. The number of fused-ring (bicyclic) bond motifs is 3. The predicted octanol–water partition coefficient (Wildman–Crippen LogP) is 3.48. The lowest BCUT2D eigenvalue weighted by Crippen LogP contribution is -2.48. The van der Waals surface area contributed by atoms with Gasteiger partial charge in [0.2, 0.25) is 0 Å². The summed E-state index contributed by atoms with van der Waals surface area (Å²) in [5, 5.41) is 14.2. The number of allylic oxidation sites excluding steroid dienone is 2. The Labute approximate surface area is 162 Å². The third-order valence-electron chi connectivity index (χ3n) is 6.03. The number of hydrogen-bond acceptors (Lipinski definition) is 4. The molecule has 26 heavy (non-hydrogen) atoms. The van der Waals surface area contributed by atoms with Crippen LogP contribution in [0.3, 0.4) is 0 Å². The molecule has 1 heterocycles. The lowest BCUT2D eigenvalue weighted by atomic mass is 9.55. The molecular weight excluding hydrogens is 375 g/mol. The molecule has 1 unspecified atom stereocenters. The zero-order valence-corrected chi connectivity index (χ0v) is 16.2. The molecule has 5 rings (SSSR count). The minimum absolute atomic E-state index is 0.0828. The first-order chi connectivity index (χ1) is 12.2. The van der Waals surface area contributed by atoms with E-state index >= 15 is 0 Å². The Morgan fingerprint density at radius 2 is 1.92 bits per heavy atom. The second-order valence-electron chi connectivity index (χ2n) is 7.77. The maximum Gasteiger partial charge on any atom is 0.261 e. The van der Waals surface area contributed by atoms with Crippen LogP contribution < -0.4 is 5.32 Å². The summed E-state index contributed by atoms with van der Waals surface area (Å²) in [5.74, 6) is -0.729. The number of halogens is 2. The number of hydrogen-bond donors (Lipinski definition) is 2. The lowest BCUT2D eigenvalue weighted by molar-refractivity contribution is -0.146. The summed E-state index contributed by atoms with van der Waals surface area (Å²) in [6.45, 7) is 0. The van der Waals surface area contributed by atoms with Crippen LogP contribution in [0.2, 0.25) is 10.0 Å². The van der Waals surface area contributed by atoms with E-state index in [4.69, 9.17) is 23.2 Å². The third-order valence-corrected chi connectivity index (χ3v) is 6.66. The normalized spacial score (nSPS) is 25.5. The van der Waals surface area contributed by atoms with Gasteiger partial charge in [0.1, 0.15) is 5.78 Å².